The van der Waals surface area contributed by atoms with Crippen LogP contribution < -0.4 is 10.5 Å². The number of methoxy groups -OCH3 is 1. The van der Waals surface area contributed by atoms with Gasteiger partial charge in [-0.1, -0.05) is 0 Å². The fourth-order valence-electron chi connectivity index (χ4n) is 2.17. The van der Waals surface area contributed by atoms with Gasteiger partial charge in [0.15, 0.2) is 0 Å². The van der Waals surface area contributed by atoms with Gasteiger partial charge in [-0.3, -0.25) is 0 Å². The van der Waals surface area contributed by atoms with Crippen LogP contribution in [0, 0.1) is 6.92 Å². The predicted molar refractivity (Wildman–Crippen MR) is 67.0 cm³/mol. The average molecular weight is 218 g/mol. The Morgan fingerprint density at radius 3 is 2.75 bits per heavy atom. The maximum absolute atomic E-state index is 5.62. The molecule has 0 amide bonds. The lowest BCUT2D eigenvalue weighted by atomic mass is 10.1. The number of fused-ring (bicyclic) bond motifs is 1. The molecule has 0 saturated carbocycles. The summed E-state index contributed by atoms with van der Waals surface area (Å²) < 4.78 is 7.50. The molecule has 0 aliphatic rings. The Balaban J connectivity index is 2.67. The summed E-state index contributed by atoms with van der Waals surface area (Å²) in [5.41, 5.74) is 9.31. The number of nitrogens with two attached hydrogens (primary N) is 1. The molecule has 0 atom stereocenters. The first kappa shape index (κ1) is 11.0. The Hall–Kier alpha value is -1.48. The van der Waals surface area contributed by atoms with E-state index in [1.807, 2.05) is 0 Å². The third-order valence-electron chi connectivity index (χ3n) is 3.00. The standard InChI is InChI=1S/C13H18N2O/c1-9-6-12-11(7-13(9)16-3)10(4-5-14)8-15(12)2/h6-8H,4-5,14H2,1-3H3. The summed E-state index contributed by atoms with van der Waals surface area (Å²) in [4.78, 5) is 0. The van der Waals surface area contributed by atoms with Crippen molar-refractivity contribution in [1.82, 2.24) is 4.57 Å². The first-order valence-corrected chi connectivity index (χ1v) is 5.50. The Labute approximate surface area is 95.8 Å². The van der Waals surface area contributed by atoms with Gasteiger partial charge >= 0.3 is 0 Å². The quantitative estimate of drug-likeness (QED) is 0.856. The van der Waals surface area contributed by atoms with Crippen LogP contribution in [0.2, 0.25) is 0 Å². The summed E-state index contributed by atoms with van der Waals surface area (Å²) in [7, 11) is 3.77. The fraction of sp³-hybridized carbons (Fsp3) is 0.385. The molecule has 2 N–H and O–H groups in total. The van der Waals surface area contributed by atoms with Gasteiger partial charge in [0.2, 0.25) is 0 Å². The molecule has 1 aromatic carbocycles. The fourth-order valence-corrected chi connectivity index (χ4v) is 2.17. The summed E-state index contributed by atoms with van der Waals surface area (Å²) >= 11 is 0. The molecule has 16 heavy (non-hydrogen) atoms. The van der Waals surface area contributed by atoms with Gasteiger partial charge in [0.1, 0.15) is 5.75 Å². The van der Waals surface area contributed by atoms with Crippen molar-refractivity contribution in [2.24, 2.45) is 12.8 Å². The third kappa shape index (κ3) is 1.67. The zero-order valence-corrected chi connectivity index (χ0v) is 10.1. The van der Waals surface area contributed by atoms with Crippen molar-refractivity contribution >= 4 is 10.9 Å². The smallest absolute Gasteiger partial charge is 0.122 e. The molecule has 0 saturated heterocycles. The minimum atomic E-state index is 0.676. The van der Waals surface area contributed by atoms with Crippen LogP contribution in [0.1, 0.15) is 11.1 Å². The molecule has 0 aliphatic heterocycles. The summed E-state index contributed by atoms with van der Waals surface area (Å²) in [6, 6.07) is 4.27. The first-order valence-electron chi connectivity index (χ1n) is 5.50. The van der Waals surface area contributed by atoms with E-state index < -0.39 is 0 Å². The van der Waals surface area contributed by atoms with E-state index in [2.05, 4.69) is 36.9 Å². The number of benzene rings is 1. The van der Waals surface area contributed by atoms with Crippen LogP contribution in [-0.4, -0.2) is 18.2 Å². The topological polar surface area (TPSA) is 40.2 Å². The zero-order valence-electron chi connectivity index (χ0n) is 10.1. The normalized spacial score (nSPS) is 11.0. The Morgan fingerprint density at radius 2 is 2.12 bits per heavy atom. The van der Waals surface area contributed by atoms with Gasteiger partial charge in [-0.15, -0.1) is 0 Å². The van der Waals surface area contributed by atoms with Crippen molar-refractivity contribution < 1.29 is 4.74 Å². The number of hydrogen-bond acceptors (Lipinski definition) is 2. The number of nitrogens with zero attached hydrogens (tertiary/aromatic N) is 1. The second kappa shape index (κ2) is 4.18. The lowest BCUT2D eigenvalue weighted by Crippen LogP contribution is -2.02. The maximum atomic E-state index is 5.62. The molecule has 0 aliphatic carbocycles. The van der Waals surface area contributed by atoms with Gasteiger partial charge in [0, 0.05) is 24.1 Å². The van der Waals surface area contributed by atoms with Gasteiger partial charge in [-0.05, 0) is 43.1 Å². The molecular formula is C13H18N2O. The van der Waals surface area contributed by atoms with E-state index >= 15 is 0 Å². The van der Waals surface area contributed by atoms with Gasteiger partial charge in [-0.2, -0.15) is 0 Å². The Morgan fingerprint density at radius 1 is 1.38 bits per heavy atom. The average Bonchev–Trinajstić information content (AvgIpc) is 2.55. The number of aromatic nitrogens is 1. The largest absolute Gasteiger partial charge is 0.496 e. The molecule has 0 unspecified atom stereocenters. The molecular weight excluding hydrogens is 200 g/mol. The lowest BCUT2D eigenvalue weighted by molar-refractivity contribution is 0.412. The van der Waals surface area contributed by atoms with Crippen molar-refractivity contribution in [3.63, 3.8) is 0 Å². The van der Waals surface area contributed by atoms with Crippen LogP contribution in [0.5, 0.6) is 5.75 Å². The van der Waals surface area contributed by atoms with Crippen molar-refractivity contribution in [3.8, 4) is 5.75 Å². The van der Waals surface area contributed by atoms with Crippen molar-refractivity contribution in [3.05, 3.63) is 29.5 Å². The third-order valence-corrected chi connectivity index (χ3v) is 3.00. The number of rotatable bonds is 3. The van der Waals surface area contributed by atoms with Crippen molar-refractivity contribution in [1.29, 1.82) is 0 Å². The first-order chi connectivity index (χ1) is 7.67. The number of ether oxygens (including phenoxy) is 1. The molecule has 0 radical (unpaired) electrons. The van der Waals surface area contributed by atoms with Gasteiger partial charge in [0.25, 0.3) is 0 Å². The molecule has 1 aromatic heterocycles. The van der Waals surface area contributed by atoms with E-state index in [9.17, 15) is 0 Å². The van der Waals surface area contributed by atoms with Crippen LogP contribution in [0.4, 0.5) is 0 Å². The van der Waals surface area contributed by atoms with E-state index in [1.54, 1.807) is 7.11 Å². The van der Waals surface area contributed by atoms with Crippen molar-refractivity contribution in [2.45, 2.75) is 13.3 Å². The van der Waals surface area contributed by atoms with E-state index in [-0.39, 0.29) is 0 Å². The van der Waals surface area contributed by atoms with Crippen molar-refractivity contribution in [2.75, 3.05) is 13.7 Å². The number of hydrogen-bond donors (Lipinski definition) is 1. The minimum Gasteiger partial charge on any atom is -0.496 e. The maximum Gasteiger partial charge on any atom is 0.122 e. The van der Waals surface area contributed by atoms with Gasteiger partial charge in [0.05, 0.1) is 7.11 Å². The van der Waals surface area contributed by atoms with Gasteiger partial charge < -0.3 is 15.0 Å². The number of aryl methyl sites for hydroxylation is 2. The molecule has 0 fully saturated rings. The van der Waals surface area contributed by atoms with E-state index in [0.29, 0.717) is 6.54 Å². The van der Waals surface area contributed by atoms with E-state index in [4.69, 9.17) is 10.5 Å². The van der Waals surface area contributed by atoms with E-state index in [1.165, 1.54) is 16.5 Å². The molecule has 0 spiro atoms. The molecule has 0 bridgehead atoms. The molecule has 2 rings (SSSR count). The second-order valence-electron chi connectivity index (χ2n) is 4.14. The van der Waals surface area contributed by atoms with Crippen LogP contribution >= 0.6 is 0 Å². The van der Waals surface area contributed by atoms with Gasteiger partial charge in [-0.25, -0.2) is 0 Å². The highest BCUT2D eigenvalue weighted by atomic mass is 16.5. The minimum absolute atomic E-state index is 0.676. The van der Waals surface area contributed by atoms with Crippen LogP contribution in [0.3, 0.4) is 0 Å². The monoisotopic (exact) mass is 218 g/mol. The van der Waals surface area contributed by atoms with Crippen LogP contribution in [0.25, 0.3) is 10.9 Å². The summed E-state index contributed by atoms with van der Waals surface area (Å²) in [5, 5.41) is 1.25. The molecule has 2 aromatic rings. The Kier molecular flexibility index (Phi) is 2.88. The summed E-state index contributed by atoms with van der Waals surface area (Å²) in [6.07, 6.45) is 3.06. The zero-order chi connectivity index (χ0) is 11.7. The highest BCUT2D eigenvalue weighted by molar-refractivity contribution is 5.86. The molecule has 3 heteroatoms. The van der Waals surface area contributed by atoms with Crippen LogP contribution in [0.15, 0.2) is 18.3 Å². The SMILES string of the molecule is COc1cc2c(CCN)cn(C)c2cc1C. The molecule has 3 nitrogen and oxygen atoms in total. The predicted octanol–water partition coefficient (Wildman–Crippen LogP) is 2.00. The van der Waals surface area contributed by atoms with E-state index in [0.717, 1.165) is 17.7 Å². The Bertz CT molecular complexity index is 514. The van der Waals surface area contributed by atoms with Crippen LogP contribution in [-0.2, 0) is 13.5 Å². The summed E-state index contributed by atoms with van der Waals surface area (Å²) in [6.45, 7) is 2.74. The molecule has 86 valence electrons. The second-order valence-corrected chi connectivity index (χ2v) is 4.14. The lowest BCUT2D eigenvalue weighted by Gasteiger charge is -2.06. The summed E-state index contributed by atoms with van der Waals surface area (Å²) in [5.74, 6) is 0.942. The highest BCUT2D eigenvalue weighted by Crippen LogP contribution is 2.28. The molecule has 1 heterocycles. The highest BCUT2D eigenvalue weighted by Gasteiger charge is 2.09.